The molecule has 3 N–H and O–H groups in total. The number of ether oxygens (including phenoxy) is 4. The fourth-order valence-electron chi connectivity index (χ4n) is 7.66. The lowest BCUT2D eigenvalue weighted by Crippen LogP contribution is -2.48. The van der Waals surface area contributed by atoms with Crippen LogP contribution in [0.25, 0.3) is 11.1 Å². The average Bonchev–Trinajstić information content (AvgIpc) is 3.19. The molecule has 304 valence electrons. The van der Waals surface area contributed by atoms with E-state index in [1.807, 2.05) is 43.0 Å². The van der Waals surface area contributed by atoms with Gasteiger partial charge in [0.25, 0.3) is 0 Å². The minimum atomic E-state index is -0.993. The van der Waals surface area contributed by atoms with Crippen LogP contribution in [0.3, 0.4) is 0 Å². The zero-order valence-electron chi connectivity index (χ0n) is 32.5. The van der Waals surface area contributed by atoms with Gasteiger partial charge in [-0.25, -0.2) is 0 Å². The Labute approximate surface area is 342 Å². The summed E-state index contributed by atoms with van der Waals surface area (Å²) in [4.78, 5) is 36.5. The first-order valence-electron chi connectivity index (χ1n) is 18.9. The lowest BCUT2D eigenvalue weighted by molar-refractivity contribution is -0.147. The van der Waals surface area contributed by atoms with Gasteiger partial charge in [0.15, 0.2) is 0 Å². The summed E-state index contributed by atoms with van der Waals surface area (Å²) >= 11 is 13.3. The normalized spacial score (nSPS) is 18.9. The molecule has 2 aromatic heterocycles. The Morgan fingerprint density at radius 2 is 1.19 bits per heavy atom. The highest BCUT2D eigenvalue weighted by atomic mass is 35.5. The molecule has 0 amide bonds. The van der Waals surface area contributed by atoms with Gasteiger partial charge in [-0.2, -0.15) is 9.97 Å². The van der Waals surface area contributed by atoms with Gasteiger partial charge in [-0.15, -0.1) is 0 Å². The van der Waals surface area contributed by atoms with Crippen molar-refractivity contribution in [3.63, 3.8) is 0 Å². The van der Waals surface area contributed by atoms with E-state index in [4.69, 9.17) is 42.1 Å². The molecule has 6 rings (SSSR count). The summed E-state index contributed by atoms with van der Waals surface area (Å²) in [6.45, 7) is 6.12. The highest BCUT2D eigenvalue weighted by Gasteiger charge is 2.34. The molecule has 2 fully saturated rings. The van der Waals surface area contributed by atoms with E-state index in [-0.39, 0.29) is 48.8 Å². The summed E-state index contributed by atoms with van der Waals surface area (Å²) in [6.07, 6.45) is 2.36. The number of methoxy groups -OCH3 is 2. The van der Waals surface area contributed by atoms with Crippen LogP contribution in [0.1, 0.15) is 65.5 Å². The number of aliphatic hydroxyl groups excluding tert-OH is 1. The number of hydrogen-bond acceptors (Lipinski definition) is 11. The highest BCUT2D eigenvalue weighted by Crippen LogP contribution is 2.36. The lowest BCUT2D eigenvalue weighted by atomic mass is 9.92. The van der Waals surface area contributed by atoms with E-state index >= 15 is 0 Å². The summed E-state index contributed by atoms with van der Waals surface area (Å²) in [5.41, 5.74) is 7.23. The number of aliphatic carboxylic acids is 2. The topological polar surface area (TPSA) is 164 Å². The summed E-state index contributed by atoms with van der Waals surface area (Å²) < 4.78 is 23.5. The van der Waals surface area contributed by atoms with E-state index in [1.165, 1.54) is 14.2 Å². The number of rotatable bonds is 15. The molecule has 2 aliphatic rings. The second-order valence-corrected chi connectivity index (χ2v) is 15.3. The van der Waals surface area contributed by atoms with Gasteiger partial charge in [0.1, 0.15) is 35.3 Å². The van der Waals surface area contributed by atoms with Crippen molar-refractivity contribution >= 4 is 35.1 Å². The molecule has 2 aromatic carbocycles. The summed E-state index contributed by atoms with van der Waals surface area (Å²) in [5, 5.41) is 30.1. The van der Waals surface area contributed by atoms with Crippen LogP contribution >= 0.6 is 23.2 Å². The van der Waals surface area contributed by atoms with Crippen molar-refractivity contribution in [2.45, 2.75) is 90.4 Å². The zero-order valence-corrected chi connectivity index (χ0v) is 34.0. The largest absolute Gasteiger partial charge is 0.481 e. The number of halogens is 2. The van der Waals surface area contributed by atoms with E-state index in [2.05, 4.69) is 22.1 Å². The summed E-state index contributed by atoms with van der Waals surface area (Å²) in [7, 11) is 3.01. The molecule has 1 unspecified atom stereocenters. The first kappa shape index (κ1) is 42.0. The molecule has 0 radical (unpaired) electrons. The number of aliphatic hydroxyl groups is 1. The predicted molar refractivity (Wildman–Crippen MR) is 214 cm³/mol. The third-order valence-electron chi connectivity index (χ3n) is 10.9. The minimum absolute atomic E-state index is 0.145. The van der Waals surface area contributed by atoms with Crippen LogP contribution in [0.15, 0.2) is 48.5 Å². The fourth-order valence-corrected chi connectivity index (χ4v) is 8.12. The Morgan fingerprint density at radius 3 is 1.67 bits per heavy atom. The van der Waals surface area contributed by atoms with E-state index in [9.17, 15) is 24.9 Å². The second-order valence-electron chi connectivity index (χ2n) is 14.5. The molecule has 4 heterocycles. The number of pyridine rings is 2. The predicted octanol–water partition coefficient (Wildman–Crippen LogP) is 7.09. The quantitative estimate of drug-likeness (QED) is 0.111. The van der Waals surface area contributed by atoms with Gasteiger partial charge in [0.2, 0.25) is 23.5 Å². The van der Waals surface area contributed by atoms with Crippen molar-refractivity contribution in [1.82, 2.24) is 19.8 Å². The monoisotopic (exact) mass is 822 g/mol. The maximum atomic E-state index is 11.9. The van der Waals surface area contributed by atoms with E-state index in [0.29, 0.717) is 54.5 Å². The van der Waals surface area contributed by atoms with Crippen LogP contribution in [0, 0.1) is 13.8 Å². The van der Waals surface area contributed by atoms with Gasteiger partial charge < -0.3 is 34.3 Å². The smallest absolute Gasteiger partial charge is 0.321 e. The molecule has 13 nitrogen and oxygen atoms in total. The van der Waals surface area contributed by atoms with Crippen LogP contribution < -0.4 is 18.9 Å². The minimum Gasteiger partial charge on any atom is -0.481 e. The van der Waals surface area contributed by atoms with E-state index in [0.717, 1.165) is 46.2 Å². The Hall–Kier alpha value is -4.66. The van der Waals surface area contributed by atoms with Crippen molar-refractivity contribution in [1.29, 1.82) is 0 Å². The Morgan fingerprint density at radius 1 is 0.702 bits per heavy atom. The molecule has 2 aliphatic heterocycles. The summed E-state index contributed by atoms with van der Waals surface area (Å²) in [5.74, 6) is -0.802. The number of benzene rings is 2. The SMILES string of the molecule is COc1nc(OCc2cccc(-c3cccc(COc4nc(OC)c(CN5CCCC[C@H]5C(=O)O)cc4Cl)c3C)c2C)c(Cl)cc1CN1CC[C@@H](O)CC1C(=O)O. The van der Waals surface area contributed by atoms with Crippen LogP contribution in [-0.4, -0.2) is 92.5 Å². The molecular formula is C42H48Cl2N4O9. The molecule has 0 spiro atoms. The molecule has 15 heteroatoms. The number of aromatic nitrogens is 2. The van der Waals surface area contributed by atoms with Gasteiger partial charge in [-0.05, 0) is 91.6 Å². The third kappa shape index (κ3) is 9.73. The Balaban J connectivity index is 1.15. The number of nitrogens with zero attached hydrogens (tertiary/aromatic N) is 4. The Kier molecular flexibility index (Phi) is 13.8. The lowest BCUT2D eigenvalue weighted by Gasteiger charge is -2.35. The van der Waals surface area contributed by atoms with E-state index in [1.54, 1.807) is 17.0 Å². The number of carboxylic acids is 2. The number of carbonyl (C=O) groups is 2. The fraction of sp³-hybridized carbons (Fsp3) is 0.429. The van der Waals surface area contributed by atoms with Crippen molar-refractivity contribution in [3.05, 3.63) is 92.0 Å². The van der Waals surface area contributed by atoms with E-state index < -0.39 is 30.1 Å². The van der Waals surface area contributed by atoms with Gasteiger partial charge in [-0.3, -0.25) is 19.4 Å². The van der Waals surface area contributed by atoms with Crippen LogP contribution in [0.4, 0.5) is 0 Å². The van der Waals surface area contributed by atoms with Crippen LogP contribution in [-0.2, 0) is 35.9 Å². The maximum Gasteiger partial charge on any atom is 0.321 e. The van der Waals surface area contributed by atoms with Crippen LogP contribution in [0.5, 0.6) is 23.5 Å². The average molecular weight is 824 g/mol. The Bertz CT molecular complexity index is 2100. The van der Waals surface area contributed by atoms with Crippen molar-refractivity contribution in [3.8, 4) is 34.6 Å². The molecule has 2 saturated heterocycles. The highest BCUT2D eigenvalue weighted by molar-refractivity contribution is 6.32. The second kappa shape index (κ2) is 18.7. The summed E-state index contributed by atoms with van der Waals surface area (Å²) in [6, 6.07) is 14.1. The molecule has 0 saturated carbocycles. The molecule has 57 heavy (non-hydrogen) atoms. The van der Waals surface area contributed by atoms with Gasteiger partial charge >= 0.3 is 11.9 Å². The molecular weight excluding hydrogens is 775 g/mol. The van der Waals surface area contributed by atoms with Gasteiger partial charge in [-0.1, -0.05) is 66.0 Å². The number of piperidine rings is 2. The van der Waals surface area contributed by atoms with Crippen LogP contribution in [0.2, 0.25) is 10.0 Å². The van der Waals surface area contributed by atoms with Crippen molar-refractivity contribution < 1.29 is 43.9 Å². The first-order valence-corrected chi connectivity index (χ1v) is 19.7. The molecule has 3 atom stereocenters. The van der Waals surface area contributed by atoms with Crippen molar-refractivity contribution in [2.75, 3.05) is 27.3 Å². The van der Waals surface area contributed by atoms with Crippen molar-refractivity contribution in [2.24, 2.45) is 0 Å². The third-order valence-corrected chi connectivity index (χ3v) is 11.4. The number of carboxylic acid groups (broad SMARTS) is 2. The van der Waals surface area contributed by atoms with Gasteiger partial charge in [0, 0.05) is 30.8 Å². The number of likely N-dealkylation sites (tertiary alicyclic amines) is 2. The van der Waals surface area contributed by atoms with Gasteiger partial charge in [0.05, 0.1) is 20.3 Å². The molecule has 0 bridgehead atoms. The number of hydrogen-bond donors (Lipinski definition) is 3. The molecule has 4 aromatic rings. The maximum absolute atomic E-state index is 11.9. The first-order chi connectivity index (χ1) is 27.4. The standard InChI is InChI=1S/C42H48Cl2N4O9/c1-24-26(22-56-39-33(43)17-28(37(45-39)54-3)20-47-15-6-5-13-35(47)41(50)51)9-7-11-31(24)32-12-8-10-27(25(32)2)23-57-40-34(44)18-29(38(46-40)55-4)21-48-16-14-30(49)19-36(48)42(52)53/h7-12,17-18,30,35-36,49H,5-6,13-16,19-23H2,1-4H3,(H,50,51)(H,52,53)/t30-,35+,36?/m1/s1. The zero-order chi connectivity index (χ0) is 40.8. The molecule has 0 aliphatic carbocycles.